The van der Waals surface area contributed by atoms with Crippen LogP contribution in [0.3, 0.4) is 0 Å². The van der Waals surface area contributed by atoms with Gasteiger partial charge in [0.25, 0.3) is 0 Å². The molecule has 1 aromatic carbocycles. The fraction of sp³-hybridized carbons (Fsp3) is 0.318. The van der Waals surface area contributed by atoms with Gasteiger partial charge in [-0.2, -0.15) is 5.10 Å². The molecule has 7 nitrogen and oxygen atoms in total. The van der Waals surface area contributed by atoms with E-state index in [1.165, 1.54) is 0 Å². The number of pyridine rings is 1. The molecule has 1 amide bonds. The molecule has 0 saturated carbocycles. The molecule has 0 bridgehead atoms. The highest BCUT2D eigenvalue weighted by Gasteiger charge is 2.24. The Hall–Kier alpha value is -3.31. The Morgan fingerprint density at radius 1 is 1.40 bits per heavy atom. The summed E-state index contributed by atoms with van der Waals surface area (Å²) in [7, 11) is 7.95. The van der Waals surface area contributed by atoms with Crippen LogP contribution < -0.4 is 16.2 Å². The molecule has 3 heterocycles. The first-order chi connectivity index (χ1) is 14.4. The minimum absolute atomic E-state index is 0.0800. The van der Waals surface area contributed by atoms with E-state index in [2.05, 4.69) is 27.6 Å². The Kier molecular flexibility index (Phi) is 5.47. The highest BCUT2D eigenvalue weighted by Crippen LogP contribution is 2.20. The first-order valence-corrected chi connectivity index (χ1v) is 9.92. The standard InChI is InChI=1S/C22H22BN5O2/c1-14(26-21(29)18-7-4-10-24-18)19-11-17-6-3-5-16(20(17)22(30)28(19)23)9-8-15-12-25-27(2)13-15/h3,5-6,11-14,18,24H,4,7,10H2,1-2H3,(H,26,29). The second-order valence-electron chi connectivity index (χ2n) is 7.55. The molecule has 8 heteroatoms. The number of rotatable bonds is 3. The molecule has 2 atom stereocenters. The van der Waals surface area contributed by atoms with Gasteiger partial charge in [-0.05, 0) is 43.8 Å². The van der Waals surface area contributed by atoms with Crippen molar-refractivity contribution in [3.63, 3.8) is 0 Å². The van der Waals surface area contributed by atoms with Crippen LogP contribution in [0.15, 0.2) is 41.5 Å². The summed E-state index contributed by atoms with van der Waals surface area (Å²) in [5.41, 5.74) is 1.55. The van der Waals surface area contributed by atoms with E-state index in [9.17, 15) is 9.59 Å². The van der Waals surface area contributed by atoms with Gasteiger partial charge in [0.2, 0.25) is 19.4 Å². The Morgan fingerprint density at radius 2 is 2.23 bits per heavy atom. The number of hydrogen-bond acceptors (Lipinski definition) is 4. The summed E-state index contributed by atoms with van der Waals surface area (Å²) in [6.45, 7) is 2.66. The van der Waals surface area contributed by atoms with E-state index in [1.807, 2.05) is 32.2 Å². The summed E-state index contributed by atoms with van der Waals surface area (Å²) >= 11 is 0. The number of carbonyl (C=O) groups is 1. The monoisotopic (exact) mass is 399 g/mol. The van der Waals surface area contributed by atoms with Crippen molar-refractivity contribution in [1.82, 2.24) is 24.9 Å². The molecule has 1 fully saturated rings. The zero-order chi connectivity index (χ0) is 21.3. The molecule has 2 aromatic heterocycles. The molecule has 1 aliphatic rings. The van der Waals surface area contributed by atoms with E-state index in [-0.39, 0.29) is 17.5 Å². The maximum absolute atomic E-state index is 13.1. The van der Waals surface area contributed by atoms with Crippen LogP contribution in [0.1, 0.15) is 42.6 Å². The van der Waals surface area contributed by atoms with Crippen LogP contribution >= 0.6 is 0 Å². The summed E-state index contributed by atoms with van der Waals surface area (Å²) in [5.74, 6) is 6.00. The third kappa shape index (κ3) is 3.89. The van der Waals surface area contributed by atoms with Crippen LogP contribution in [-0.2, 0) is 11.8 Å². The van der Waals surface area contributed by atoms with Gasteiger partial charge < -0.3 is 15.1 Å². The average Bonchev–Trinajstić information content (AvgIpc) is 3.40. The first kappa shape index (κ1) is 20.0. The van der Waals surface area contributed by atoms with E-state index in [1.54, 1.807) is 23.1 Å². The van der Waals surface area contributed by atoms with E-state index < -0.39 is 6.04 Å². The second-order valence-corrected chi connectivity index (χ2v) is 7.55. The number of benzene rings is 1. The number of amides is 1. The van der Waals surface area contributed by atoms with Crippen molar-refractivity contribution in [2.75, 3.05) is 6.54 Å². The molecule has 3 aromatic rings. The van der Waals surface area contributed by atoms with Crippen molar-refractivity contribution in [3.05, 3.63) is 63.8 Å². The van der Waals surface area contributed by atoms with Crippen molar-refractivity contribution in [1.29, 1.82) is 0 Å². The Labute approximate surface area is 175 Å². The number of aromatic nitrogens is 3. The van der Waals surface area contributed by atoms with Gasteiger partial charge in [0.1, 0.15) is 0 Å². The third-order valence-corrected chi connectivity index (χ3v) is 5.34. The van der Waals surface area contributed by atoms with E-state index in [4.69, 9.17) is 7.98 Å². The number of hydrogen-bond donors (Lipinski definition) is 2. The van der Waals surface area contributed by atoms with Crippen molar-refractivity contribution in [3.8, 4) is 11.8 Å². The average molecular weight is 399 g/mol. The normalized spacial score (nSPS) is 16.8. The lowest BCUT2D eigenvalue weighted by atomic mass is 10.0. The van der Waals surface area contributed by atoms with Crippen LogP contribution in [0.5, 0.6) is 0 Å². The molecule has 150 valence electrons. The van der Waals surface area contributed by atoms with Gasteiger partial charge in [-0.25, -0.2) is 0 Å². The Bertz CT molecular complexity index is 1230. The molecule has 4 rings (SSSR count). The molecule has 1 aliphatic heterocycles. The number of fused-ring (bicyclic) bond motifs is 1. The van der Waals surface area contributed by atoms with Crippen molar-refractivity contribution >= 4 is 24.7 Å². The Morgan fingerprint density at radius 3 is 2.93 bits per heavy atom. The van der Waals surface area contributed by atoms with Crippen LogP contribution in [0, 0.1) is 11.8 Å². The number of nitrogens with one attached hydrogen (secondary N) is 2. The minimum atomic E-state index is -0.410. The van der Waals surface area contributed by atoms with Gasteiger partial charge in [-0.15, -0.1) is 0 Å². The molecular formula is C22H22BN5O2. The molecule has 30 heavy (non-hydrogen) atoms. The van der Waals surface area contributed by atoms with Crippen molar-refractivity contribution in [2.45, 2.75) is 31.8 Å². The highest BCUT2D eigenvalue weighted by molar-refractivity contribution is 6.08. The van der Waals surface area contributed by atoms with Gasteiger partial charge in [-0.3, -0.25) is 14.3 Å². The van der Waals surface area contributed by atoms with E-state index in [0.717, 1.165) is 34.8 Å². The molecule has 0 aliphatic carbocycles. The molecule has 0 spiro atoms. The Balaban J connectivity index is 1.69. The maximum atomic E-state index is 13.1. The fourth-order valence-corrected chi connectivity index (χ4v) is 3.76. The van der Waals surface area contributed by atoms with Crippen molar-refractivity contribution < 1.29 is 4.79 Å². The van der Waals surface area contributed by atoms with Gasteiger partial charge in [0.15, 0.2) is 0 Å². The van der Waals surface area contributed by atoms with Gasteiger partial charge in [0, 0.05) is 24.5 Å². The molecule has 1 saturated heterocycles. The minimum Gasteiger partial charge on any atom is -0.367 e. The van der Waals surface area contributed by atoms with Crippen molar-refractivity contribution in [2.24, 2.45) is 7.05 Å². The maximum Gasteiger partial charge on any atom is 0.246 e. The highest BCUT2D eigenvalue weighted by atomic mass is 16.2. The topological polar surface area (TPSA) is 81.0 Å². The predicted molar refractivity (Wildman–Crippen MR) is 116 cm³/mol. The number of carbonyl (C=O) groups excluding carboxylic acids is 1. The zero-order valence-electron chi connectivity index (χ0n) is 17.0. The SMILES string of the molecule is [B]n1c(C(C)NC(=O)C2CCCN2)cc2cccc(C#Cc3cnn(C)c3)c2c1=O. The van der Waals surface area contributed by atoms with Gasteiger partial charge >= 0.3 is 0 Å². The fourth-order valence-electron chi connectivity index (χ4n) is 3.76. The molecule has 2 N–H and O–H groups in total. The third-order valence-electron chi connectivity index (χ3n) is 5.34. The smallest absolute Gasteiger partial charge is 0.246 e. The molecule has 2 radical (unpaired) electrons. The largest absolute Gasteiger partial charge is 0.367 e. The molecule has 2 unspecified atom stereocenters. The lowest BCUT2D eigenvalue weighted by Gasteiger charge is -2.21. The summed E-state index contributed by atoms with van der Waals surface area (Å²) in [5, 5.41) is 11.4. The van der Waals surface area contributed by atoms with Gasteiger partial charge in [-0.1, -0.05) is 24.0 Å². The number of aryl methyl sites for hydroxylation is 1. The number of nitrogens with zero attached hydrogens (tertiary/aromatic N) is 3. The predicted octanol–water partition coefficient (Wildman–Crippen LogP) is 0.996. The van der Waals surface area contributed by atoms with Crippen LogP contribution in [0.2, 0.25) is 0 Å². The lowest BCUT2D eigenvalue weighted by molar-refractivity contribution is -0.123. The van der Waals surface area contributed by atoms with E-state index >= 15 is 0 Å². The summed E-state index contributed by atoms with van der Waals surface area (Å²) in [6, 6.07) is 6.73. The van der Waals surface area contributed by atoms with Crippen LogP contribution in [-0.4, -0.2) is 40.7 Å². The summed E-state index contributed by atoms with van der Waals surface area (Å²) < 4.78 is 2.77. The quantitative estimate of drug-likeness (QED) is 0.509. The summed E-state index contributed by atoms with van der Waals surface area (Å²) in [6.07, 6.45) is 5.26. The van der Waals surface area contributed by atoms with E-state index in [0.29, 0.717) is 16.6 Å². The second kappa shape index (κ2) is 8.21. The summed E-state index contributed by atoms with van der Waals surface area (Å²) in [4.78, 5) is 25.5. The van der Waals surface area contributed by atoms with Gasteiger partial charge in [0.05, 0.1) is 29.2 Å². The lowest BCUT2D eigenvalue weighted by Crippen LogP contribution is -2.42. The van der Waals surface area contributed by atoms with Crippen LogP contribution in [0.25, 0.3) is 10.8 Å². The first-order valence-electron chi connectivity index (χ1n) is 9.92. The zero-order valence-corrected chi connectivity index (χ0v) is 17.0. The molecular weight excluding hydrogens is 377 g/mol. The van der Waals surface area contributed by atoms with Crippen LogP contribution in [0.4, 0.5) is 0 Å².